The van der Waals surface area contributed by atoms with E-state index in [0.717, 1.165) is 51.6 Å². The molecule has 4 aromatic rings. The number of ether oxygens (including phenoxy) is 1. The molecule has 4 saturated heterocycles. The zero-order valence-corrected chi connectivity index (χ0v) is 26.2. The van der Waals surface area contributed by atoms with Crippen LogP contribution in [-0.2, 0) is 4.79 Å². The van der Waals surface area contributed by atoms with Gasteiger partial charge in [-0.3, -0.25) is 14.6 Å². The van der Waals surface area contributed by atoms with Crippen LogP contribution in [0.15, 0.2) is 54.6 Å². The van der Waals surface area contributed by atoms with E-state index < -0.39 is 17.5 Å². The number of primary amides is 1. The maximum absolute atomic E-state index is 16.8. The Balaban J connectivity index is 1.21. The Morgan fingerprint density at radius 2 is 1.81 bits per heavy atom. The normalized spacial score (nSPS) is 22.6. The van der Waals surface area contributed by atoms with Crippen LogP contribution in [0.5, 0.6) is 11.8 Å². The van der Waals surface area contributed by atoms with Crippen LogP contribution >= 0.6 is 0 Å². The smallest absolute Gasteiger partial charge is 0.319 e. The maximum atomic E-state index is 16.8. The van der Waals surface area contributed by atoms with Crippen molar-refractivity contribution in [3.63, 3.8) is 0 Å². The number of nitrogens with two attached hydrogens (primary N) is 1. The van der Waals surface area contributed by atoms with E-state index in [1.807, 2.05) is 6.08 Å². The Morgan fingerprint density at radius 1 is 1.04 bits per heavy atom. The second kappa shape index (κ2) is 11.7. The molecule has 5 heterocycles. The summed E-state index contributed by atoms with van der Waals surface area (Å²) in [4.78, 5) is 28.0. The highest BCUT2D eigenvalue weighted by atomic mass is 19.1. The van der Waals surface area contributed by atoms with Crippen LogP contribution in [0.25, 0.3) is 32.8 Å². The average Bonchev–Trinajstić information content (AvgIpc) is 3.69. The molecule has 0 radical (unpaired) electrons. The fourth-order valence-electron chi connectivity index (χ4n) is 8.63. The molecule has 3 N–H and O–H groups in total. The van der Waals surface area contributed by atoms with E-state index >= 15 is 8.78 Å². The lowest BCUT2D eigenvalue weighted by Gasteiger charge is -2.41. The van der Waals surface area contributed by atoms with Crippen LogP contribution in [0.3, 0.4) is 0 Å². The topological polar surface area (TPSA) is 108 Å². The molecule has 11 heteroatoms. The Kier molecular flexibility index (Phi) is 7.48. The number of aromatic hydroxyl groups is 1. The standard InChI is InChI=1S/C36H38F2N6O3/c37-29-6-1-5-22-17-25(45)18-28(31(22)29)26-10-11-27-33(32(26)38)40-35(47-21-36-12-3-14-43(36)15-4-13-36)41-34(27)42-19-23-8-9-24(20-42)44(23)16-2-7-30(39)46/h1-2,5-7,10-11,17-18,23-24,45H,3-4,8-9,12-16,19-21H2,(H2,39,46)/b7-2+. The van der Waals surface area contributed by atoms with Crippen molar-refractivity contribution in [2.75, 3.05) is 44.2 Å². The number of hydrogen-bond acceptors (Lipinski definition) is 8. The Labute approximate surface area is 271 Å². The lowest BCUT2D eigenvalue weighted by molar-refractivity contribution is -0.113. The van der Waals surface area contributed by atoms with Crippen molar-refractivity contribution in [2.45, 2.75) is 56.1 Å². The molecule has 2 unspecified atom stereocenters. The van der Waals surface area contributed by atoms with E-state index in [1.165, 1.54) is 24.3 Å². The van der Waals surface area contributed by atoms with E-state index in [4.69, 9.17) is 15.5 Å². The van der Waals surface area contributed by atoms with Gasteiger partial charge in [0.15, 0.2) is 5.82 Å². The number of hydrogen-bond donors (Lipinski definition) is 2. The third kappa shape index (κ3) is 5.25. The van der Waals surface area contributed by atoms with Gasteiger partial charge in [0.25, 0.3) is 0 Å². The minimum absolute atomic E-state index is 0.0416. The number of phenolic OH excluding ortho intramolecular Hbond substituents is 1. The van der Waals surface area contributed by atoms with Crippen LogP contribution in [0, 0.1) is 11.6 Å². The van der Waals surface area contributed by atoms with Gasteiger partial charge in [-0.15, -0.1) is 0 Å². The molecule has 2 bridgehead atoms. The summed E-state index contributed by atoms with van der Waals surface area (Å²) in [6, 6.07) is 11.5. The Morgan fingerprint density at radius 3 is 2.55 bits per heavy atom. The number of amides is 1. The molecule has 8 rings (SSSR count). The van der Waals surface area contributed by atoms with Gasteiger partial charge in [-0.05, 0) is 92.9 Å². The zero-order chi connectivity index (χ0) is 32.3. The Bertz CT molecular complexity index is 1890. The van der Waals surface area contributed by atoms with E-state index in [-0.39, 0.29) is 51.4 Å². The molecule has 47 heavy (non-hydrogen) atoms. The lowest BCUT2D eigenvalue weighted by atomic mass is 9.95. The van der Waals surface area contributed by atoms with Crippen molar-refractivity contribution in [2.24, 2.45) is 5.73 Å². The fourth-order valence-corrected chi connectivity index (χ4v) is 8.63. The SMILES string of the molecule is NC(=O)/C=C/CN1C2CCC1CN(c1nc(OCC34CCCN3CCC4)nc3c(F)c(-c4cc(O)cc5cccc(F)c45)ccc13)C2. The molecular weight excluding hydrogens is 602 g/mol. The minimum atomic E-state index is -0.620. The predicted molar refractivity (Wildman–Crippen MR) is 176 cm³/mol. The first-order valence-corrected chi connectivity index (χ1v) is 16.6. The highest BCUT2D eigenvalue weighted by Gasteiger charge is 2.45. The van der Waals surface area contributed by atoms with Gasteiger partial charge in [-0.2, -0.15) is 9.97 Å². The second-order valence-corrected chi connectivity index (χ2v) is 13.5. The van der Waals surface area contributed by atoms with Gasteiger partial charge in [0.1, 0.15) is 29.5 Å². The number of benzene rings is 3. The molecule has 1 aromatic heterocycles. The minimum Gasteiger partial charge on any atom is -0.508 e. The molecule has 0 saturated carbocycles. The van der Waals surface area contributed by atoms with Gasteiger partial charge in [0.05, 0.1) is 5.54 Å². The number of phenols is 1. The second-order valence-electron chi connectivity index (χ2n) is 13.5. The molecule has 4 fully saturated rings. The summed E-state index contributed by atoms with van der Waals surface area (Å²) < 4.78 is 38.4. The van der Waals surface area contributed by atoms with Crippen molar-refractivity contribution < 1.29 is 23.4 Å². The van der Waals surface area contributed by atoms with Crippen molar-refractivity contribution in [1.82, 2.24) is 19.8 Å². The quantitative estimate of drug-likeness (QED) is 0.255. The first-order chi connectivity index (χ1) is 22.8. The van der Waals surface area contributed by atoms with Gasteiger partial charge in [-0.25, -0.2) is 8.78 Å². The van der Waals surface area contributed by atoms with Crippen LogP contribution in [0.1, 0.15) is 38.5 Å². The van der Waals surface area contributed by atoms with Gasteiger partial charge in [0.2, 0.25) is 5.91 Å². The monoisotopic (exact) mass is 640 g/mol. The molecule has 9 nitrogen and oxygen atoms in total. The highest BCUT2D eigenvalue weighted by molar-refractivity contribution is 6.01. The van der Waals surface area contributed by atoms with Crippen LogP contribution in [0.4, 0.5) is 14.6 Å². The summed E-state index contributed by atoms with van der Waals surface area (Å²) >= 11 is 0. The number of anilines is 1. The lowest BCUT2D eigenvalue weighted by Crippen LogP contribution is -2.54. The number of aromatic nitrogens is 2. The van der Waals surface area contributed by atoms with Gasteiger partial charge < -0.3 is 20.5 Å². The maximum Gasteiger partial charge on any atom is 0.319 e. The summed E-state index contributed by atoms with van der Waals surface area (Å²) in [5, 5.41) is 11.8. The van der Waals surface area contributed by atoms with Crippen molar-refractivity contribution in [1.29, 1.82) is 0 Å². The van der Waals surface area contributed by atoms with E-state index in [2.05, 4.69) is 19.7 Å². The van der Waals surface area contributed by atoms with Gasteiger partial charge >= 0.3 is 6.01 Å². The Hall–Kier alpha value is -4.35. The third-order valence-electron chi connectivity index (χ3n) is 10.8. The van der Waals surface area contributed by atoms with Gasteiger partial charge in [0, 0.05) is 48.1 Å². The summed E-state index contributed by atoms with van der Waals surface area (Å²) in [7, 11) is 0. The molecule has 0 spiro atoms. The van der Waals surface area contributed by atoms with Crippen molar-refractivity contribution in [3.8, 4) is 22.9 Å². The number of carbonyl (C=O) groups is 1. The fraction of sp³-hybridized carbons (Fsp3) is 0.417. The number of halogens is 2. The summed E-state index contributed by atoms with van der Waals surface area (Å²) in [5.74, 6) is -1.05. The highest BCUT2D eigenvalue weighted by Crippen LogP contribution is 2.42. The molecule has 244 valence electrons. The molecule has 1 amide bonds. The first-order valence-electron chi connectivity index (χ1n) is 16.6. The van der Waals surface area contributed by atoms with Crippen LogP contribution in [0.2, 0.25) is 0 Å². The van der Waals surface area contributed by atoms with E-state index in [0.29, 0.717) is 42.8 Å². The molecule has 4 aliphatic rings. The first kappa shape index (κ1) is 30.0. The van der Waals surface area contributed by atoms with Crippen molar-refractivity contribution in [3.05, 3.63) is 66.3 Å². The third-order valence-corrected chi connectivity index (χ3v) is 10.8. The van der Waals surface area contributed by atoms with Crippen LogP contribution < -0.4 is 15.4 Å². The molecule has 3 aromatic carbocycles. The molecular formula is C36H38F2N6O3. The summed E-state index contributed by atoms with van der Waals surface area (Å²) in [6.45, 7) is 4.54. The molecule has 0 aliphatic carbocycles. The average molecular weight is 641 g/mol. The largest absolute Gasteiger partial charge is 0.508 e. The molecule has 4 aliphatic heterocycles. The number of piperazine rings is 1. The zero-order valence-electron chi connectivity index (χ0n) is 26.2. The summed E-state index contributed by atoms with van der Waals surface area (Å²) in [5.41, 5.74) is 5.76. The molecule has 2 atom stereocenters. The van der Waals surface area contributed by atoms with Gasteiger partial charge in [-0.1, -0.05) is 24.3 Å². The summed E-state index contributed by atoms with van der Waals surface area (Å²) in [6.07, 6.45) is 9.59. The van der Waals surface area contributed by atoms with Crippen LogP contribution in [-0.4, -0.2) is 87.7 Å². The number of fused-ring (bicyclic) bond motifs is 5. The number of carbonyl (C=O) groups excluding carboxylic acids is 1. The number of nitrogens with zero attached hydrogens (tertiary/aromatic N) is 5. The van der Waals surface area contributed by atoms with E-state index in [9.17, 15) is 9.90 Å². The van der Waals surface area contributed by atoms with E-state index in [1.54, 1.807) is 24.3 Å². The van der Waals surface area contributed by atoms with Crippen molar-refractivity contribution >= 4 is 33.4 Å². The predicted octanol–water partition coefficient (Wildman–Crippen LogP) is 5.14. The number of rotatable bonds is 8.